The number of rotatable bonds is 3. The minimum absolute atomic E-state index is 0.301. The maximum atomic E-state index is 8.83. The maximum Gasteiger partial charge on any atom is 0.0936 e. The highest BCUT2D eigenvalue weighted by Crippen LogP contribution is 2.26. The Labute approximate surface area is 122 Å². The number of nitrogens with two attached hydrogens (primary N) is 1. The van der Waals surface area contributed by atoms with Crippen LogP contribution in [0.4, 0.5) is 17.1 Å². The van der Waals surface area contributed by atoms with Gasteiger partial charge in [-0.25, -0.2) is 0 Å². The second-order valence-corrected chi connectivity index (χ2v) is 4.75. The minimum Gasteiger partial charge on any atom is -0.398 e. The Balaban J connectivity index is 1.99. The Morgan fingerprint density at radius 1 is 1.14 bits per heavy atom. The molecule has 21 heavy (non-hydrogen) atoms. The lowest BCUT2D eigenvalue weighted by molar-refractivity contribution is 1.27. The first-order chi connectivity index (χ1) is 10.3. The van der Waals surface area contributed by atoms with Crippen molar-refractivity contribution in [2.45, 2.75) is 6.42 Å². The molecule has 0 amide bonds. The van der Waals surface area contributed by atoms with Gasteiger partial charge in [-0.3, -0.25) is 4.98 Å². The quantitative estimate of drug-likeness (QED) is 0.715. The lowest BCUT2D eigenvalue weighted by Gasteiger charge is -2.11. The number of pyridine rings is 1. The van der Waals surface area contributed by atoms with Crippen molar-refractivity contribution in [3.63, 3.8) is 0 Å². The molecule has 0 bridgehead atoms. The van der Waals surface area contributed by atoms with Gasteiger partial charge < -0.3 is 11.1 Å². The van der Waals surface area contributed by atoms with Gasteiger partial charge in [0.25, 0.3) is 0 Å². The number of aromatic nitrogens is 1. The highest BCUT2D eigenvalue weighted by atomic mass is 14.9. The van der Waals surface area contributed by atoms with Gasteiger partial charge in [0, 0.05) is 23.0 Å². The largest absolute Gasteiger partial charge is 0.398 e. The summed E-state index contributed by atoms with van der Waals surface area (Å²) in [4.78, 5) is 4.41. The number of fused-ring (bicyclic) bond motifs is 1. The van der Waals surface area contributed by atoms with Crippen LogP contribution in [-0.4, -0.2) is 4.98 Å². The predicted octanol–water partition coefficient (Wildman–Crippen LogP) is 3.63. The Kier molecular flexibility index (Phi) is 3.40. The lowest BCUT2D eigenvalue weighted by Crippen LogP contribution is -1.97. The van der Waals surface area contributed by atoms with Crippen molar-refractivity contribution in [1.29, 1.82) is 5.26 Å². The van der Waals surface area contributed by atoms with Gasteiger partial charge in [-0.05, 0) is 35.9 Å². The van der Waals surface area contributed by atoms with E-state index in [1.807, 2.05) is 48.5 Å². The molecule has 102 valence electrons. The van der Waals surface area contributed by atoms with Gasteiger partial charge in [0.1, 0.15) is 0 Å². The van der Waals surface area contributed by atoms with E-state index >= 15 is 0 Å². The van der Waals surface area contributed by atoms with Crippen molar-refractivity contribution in [1.82, 2.24) is 4.98 Å². The van der Waals surface area contributed by atoms with E-state index < -0.39 is 0 Å². The molecule has 4 heteroatoms. The van der Waals surface area contributed by atoms with Gasteiger partial charge in [-0.15, -0.1) is 0 Å². The summed E-state index contributed by atoms with van der Waals surface area (Å²) in [5, 5.41) is 13.3. The smallest absolute Gasteiger partial charge is 0.0936 e. The number of para-hydroxylation sites is 1. The number of hydrogen-bond acceptors (Lipinski definition) is 4. The first-order valence-electron chi connectivity index (χ1n) is 6.64. The standard InChI is InChI=1S/C17H14N4/c18-9-8-13-11-14(6-7-15(13)19)21-16-5-1-3-12-4-2-10-20-17(12)16/h1-7,10-11,21H,8,19H2. The van der Waals surface area contributed by atoms with E-state index in [2.05, 4.69) is 16.4 Å². The second-order valence-electron chi connectivity index (χ2n) is 4.75. The molecule has 2 aromatic carbocycles. The molecule has 0 atom stereocenters. The molecule has 0 spiro atoms. The number of nitrogens with one attached hydrogen (secondary N) is 1. The molecule has 1 aromatic heterocycles. The van der Waals surface area contributed by atoms with E-state index in [4.69, 9.17) is 11.0 Å². The van der Waals surface area contributed by atoms with E-state index in [1.54, 1.807) is 6.20 Å². The number of anilines is 3. The zero-order valence-electron chi connectivity index (χ0n) is 11.4. The SMILES string of the molecule is N#CCc1cc(Nc2cccc3cccnc23)ccc1N. The van der Waals surface area contributed by atoms with Crippen LogP contribution < -0.4 is 11.1 Å². The molecule has 3 aromatic rings. The van der Waals surface area contributed by atoms with Crippen LogP contribution in [-0.2, 0) is 6.42 Å². The van der Waals surface area contributed by atoms with E-state index in [1.165, 1.54) is 0 Å². The van der Waals surface area contributed by atoms with Gasteiger partial charge in [0.05, 0.1) is 23.7 Å². The first-order valence-corrected chi connectivity index (χ1v) is 6.64. The minimum atomic E-state index is 0.301. The molecular weight excluding hydrogens is 260 g/mol. The molecule has 0 aliphatic rings. The summed E-state index contributed by atoms with van der Waals surface area (Å²) in [6, 6.07) is 17.7. The normalized spacial score (nSPS) is 10.2. The zero-order chi connectivity index (χ0) is 14.7. The van der Waals surface area contributed by atoms with Gasteiger partial charge >= 0.3 is 0 Å². The van der Waals surface area contributed by atoms with Gasteiger partial charge in [0.2, 0.25) is 0 Å². The highest BCUT2D eigenvalue weighted by molar-refractivity contribution is 5.92. The van der Waals surface area contributed by atoms with Crippen LogP contribution in [0.3, 0.4) is 0 Å². The molecule has 3 rings (SSSR count). The topological polar surface area (TPSA) is 74.7 Å². The van der Waals surface area contributed by atoms with Gasteiger partial charge in [0.15, 0.2) is 0 Å². The number of nitriles is 1. The number of benzene rings is 2. The van der Waals surface area contributed by atoms with Crippen molar-refractivity contribution in [2.75, 3.05) is 11.1 Å². The molecule has 0 unspecified atom stereocenters. The second kappa shape index (κ2) is 5.51. The average Bonchev–Trinajstić information content (AvgIpc) is 2.51. The predicted molar refractivity (Wildman–Crippen MR) is 85.2 cm³/mol. The van der Waals surface area contributed by atoms with Crippen LogP contribution in [0, 0.1) is 11.3 Å². The molecular formula is C17H14N4. The molecule has 0 aliphatic carbocycles. The van der Waals surface area contributed by atoms with Gasteiger partial charge in [-0.1, -0.05) is 18.2 Å². The van der Waals surface area contributed by atoms with Crippen molar-refractivity contribution < 1.29 is 0 Å². The maximum absolute atomic E-state index is 8.83. The fourth-order valence-corrected chi connectivity index (χ4v) is 2.28. The molecule has 0 radical (unpaired) electrons. The fourth-order valence-electron chi connectivity index (χ4n) is 2.28. The van der Waals surface area contributed by atoms with Crippen molar-refractivity contribution >= 4 is 28.0 Å². The lowest BCUT2D eigenvalue weighted by atomic mass is 10.1. The summed E-state index contributed by atoms with van der Waals surface area (Å²) >= 11 is 0. The van der Waals surface area contributed by atoms with Crippen LogP contribution in [0.1, 0.15) is 5.56 Å². The number of nitrogen functional groups attached to an aromatic ring is 1. The average molecular weight is 274 g/mol. The molecule has 0 fully saturated rings. The third-order valence-corrected chi connectivity index (χ3v) is 3.32. The third-order valence-electron chi connectivity index (χ3n) is 3.32. The van der Waals surface area contributed by atoms with Crippen LogP contribution in [0.25, 0.3) is 10.9 Å². The van der Waals surface area contributed by atoms with E-state index in [9.17, 15) is 0 Å². The van der Waals surface area contributed by atoms with E-state index in [-0.39, 0.29) is 0 Å². The molecule has 0 saturated carbocycles. The molecule has 0 saturated heterocycles. The van der Waals surface area contributed by atoms with Crippen LogP contribution in [0.15, 0.2) is 54.7 Å². The zero-order valence-corrected chi connectivity index (χ0v) is 11.4. The van der Waals surface area contributed by atoms with E-state index in [0.717, 1.165) is 27.8 Å². The van der Waals surface area contributed by atoms with Crippen LogP contribution in [0.5, 0.6) is 0 Å². The summed E-state index contributed by atoms with van der Waals surface area (Å²) in [5.41, 5.74) is 10.1. The Morgan fingerprint density at radius 2 is 2.00 bits per heavy atom. The molecule has 3 N–H and O–H groups in total. The number of nitrogens with zero attached hydrogens (tertiary/aromatic N) is 2. The number of hydrogen-bond donors (Lipinski definition) is 2. The first kappa shape index (κ1) is 12.9. The van der Waals surface area contributed by atoms with Crippen molar-refractivity contribution in [3.05, 3.63) is 60.3 Å². The third kappa shape index (κ3) is 2.63. The van der Waals surface area contributed by atoms with E-state index in [0.29, 0.717) is 12.1 Å². The Hall–Kier alpha value is -3.06. The summed E-state index contributed by atoms with van der Waals surface area (Å²) in [6.45, 7) is 0. The Bertz CT molecular complexity index is 828. The molecule has 0 aliphatic heterocycles. The highest BCUT2D eigenvalue weighted by Gasteiger charge is 2.04. The van der Waals surface area contributed by atoms with Crippen molar-refractivity contribution in [3.8, 4) is 6.07 Å². The van der Waals surface area contributed by atoms with Gasteiger partial charge in [-0.2, -0.15) is 5.26 Å². The monoisotopic (exact) mass is 274 g/mol. The fraction of sp³-hybridized carbons (Fsp3) is 0.0588. The summed E-state index contributed by atoms with van der Waals surface area (Å²) in [7, 11) is 0. The van der Waals surface area contributed by atoms with Crippen LogP contribution >= 0.6 is 0 Å². The van der Waals surface area contributed by atoms with Crippen LogP contribution in [0.2, 0.25) is 0 Å². The summed E-state index contributed by atoms with van der Waals surface area (Å²) in [6.07, 6.45) is 2.08. The Morgan fingerprint density at radius 3 is 2.86 bits per heavy atom. The van der Waals surface area contributed by atoms with Crippen molar-refractivity contribution in [2.24, 2.45) is 0 Å². The molecule has 1 heterocycles. The molecule has 4 nitrogen and oxygen atoms in total. The summed E-state index contributed by atoms with van der Waals surface area (Å²) < 4.78 is 0. The summed E-state index contributed by atoms with van der Waals surface area (Å²) in [5.74, 6) is 0.